The molecule has 0 aliphatic carbocycles. The van der Waals surface area contributed by atoms with Gasteiger partial charge in [0.05, 0.1) is 6.42 Å². The van der Waals surface area contributed by atoms with Crippen molar-refractivity contribution in [1.82, 2.24) is 14.8 Å². The van der Waals surface area contributed by atoms with E-state index in [1.807, 2.05) is 19.1 Å². The molecule has 0 aliphatic heterocycles. The van der Waals surface area contributed by atoms with E-state index in [2.05, 4.69) is 10.1 Å². The highest BCUT2D eigenvalue weighted by atomic mass is 16.5. The van der Waals surface area contributed by atoms with Crippen LogP contribution in [0.15, 0.2) is 30.6 Å². The van der Waals surface area contributed by atoms with Crippen LogP contribution in [0.4, 0.5) is 5.69 Å². The van der Waals surface area contributed by atoms with Crippen LogP contribution in [0, 0.1) is 0 Å². The molecule has 2 rings (SSSR count). The summed E-state index contributed by atoms with van der Waals surface area (Å²) < 4.78 is 6.86. The zero-order chi connectivity index (χ0) is 13.7. The van der Waals surface area contributed by atoms with Crippen molar-refractivity contribution >= 4 is 11.7 Å². The third kappa shape index (κ3) is 3.54. The molecular weight excluding hydrogens is 244 g/mol. The summed E-state index contributed by atoms with van der Waals surface area (Å²) in [6.45, 7) is 2.78. The van der Waals surface area contributed by atoms with Crippen molar-refractivity contribution < 1.29 is 9.53 Å². The third-order valence-corrected chi connectivity index (χ3v) is 2.66. The van der Waals surface area contributed by atoms with Crippen LogP contribution >= 0.6 is 0 Å². The van der Waals surface area contributed by atoms with Gasteiger partial charge in [0.15, 0.2) is 12.4 Å². The number of benzene rings is 1. The van der Waals surface area contributed by atoms with E-state index < -0.39 is 0 Å². The summed E-state index contributed by atoms with van der Waals surface area (Å²) in [6, 6.07) is 7.19. The van der Waals surface area contributed by atoms with Crippen molar-refractivity contribution in [3.63, 3.8) is 0 Å². The van der Waals surface area contributed by atoms with Crippen molar-refractivity contribution in [2.24, 2.45) is 0 Å². The number of aromatic nitrogens is 3. The maximum atomic E-state index is 11.7. The Bertz CT molecular complexity index is 565. The summed E-state index contributed by atoms with van der Waals surface area (Å²) in [4.78, 5) is 15.7. The second-order valence-electron chi connectivity index (χ2n) is 4.07. The normalized spacial score (nSPS) is 10.4. The summed E-state index contributed by atoms with van der Waals surface area (Å²) in [5.41, 5.74) is 7.12. The number of rotatable bonds is 5. The lowest BCUT2D eigenvalue weighted by Gasteiger charge is -2.06. The average Bonchev–Trinajstić information content (AvgIpc) is 2.83. The molecule has 0 bridgehead atoms. The summed E-state index contributed by atoms with van der Waals surface area (Å²) in [7, 11) is 0. The van der Waals surface area contributed by atoms with Crippen molar-refractivity contribution in [1.29, 1.82) is 0 Å². The number of nitrogens with zero attached hydrogens (tertiary/aromatic N) is 3. The number of nitrogens with two attached hydrogens (primary N) is 1. The largest absolute Gasteiger partial charge is 0.457 e. The number of hydrogen-bond donors (Lipinski definition) is 1. The van der Waals surface area contributed by atoms with Crippen molar-refractivity contribution in [2.75, 3.05) is 5.73 Å². The molecule has 2 aromatic rings. The first-order chi connectivity index (χ1) is 9.19. The van der Waals surface area contributed by atoms with E-state index in [0.717, 1.165) is 5.56 Å². The molecule has 0 aliphatic rings. The zero-order valence-corrected chi connectivity index (χ0v) is 10.7. The smallest absolute Gasteiger partial charge is 0.310 e. The Labute approximate surface area is 111 Å². The van der Waals surface area contributed by atoms with Crippen LogP contribution < -0.4 is 5.73 Å². The minimum Gasteiger partial charge on any atom is -0.457 e. The Morgan fingerprint density at radius 3 is 3.05 bits per heavy atom. The lowest BCUT2D eigenvalue weighted by atomic mass is 10.1. The number of aryl methyl sites for hydroxylation is 1. The first kappa shape index (κ1) is 13.1. The molecule has 1 aromatic carbocycles. The van der Waals surface area contributed by atoms with Crippen LogP contribution in [0.3, 0.4) is 0 Å². The van der Waals surface area contributed by atoms with E-state index in [1.54, 1.807) is 16.8 Å². The molecule has 0 atom stereocenters. The summed E-state index contributed by atoms with van der Waals surface area (Å²) in [6.07, 6.45) is 1.65. The molecule has 0 radical (unpaired) electrons. The van der Waals surface area contributed by atoms with Crippen molar-refractivity contribution in [2.45, 2.75) is 26.5 Å². The Kier molecular flexibility index (Phi) is 4.12. The first-order valence-electron chi connectivity index (χ1n) is 6.05. The Hall–Kier alpha value is -2.37. The van der Waals surface area contributed by atoms with E-state index in [-0.39, 0.29) is 19.0 Å². The molecular formula is C13H16N4O2. The number of esters is 1. The molecule has 0 unspecified atom stereocenters. The van der Waals surface area contributed by atoms with E-state index in [9.17, 15) is 4.79 Å². The van der Waals surface area contributed by atoms with Gasteiger partial charge in [0, 0.05) is 12.2 Å². The quantitative estimate of drug-likeness (QED) is 0.644. The molecule has 2 N–H and O–H groups in total. The number of carbonyl (C=O) groups is 1. The maximum absolute atomic E-state index is 11.7. The number of ether oxygens (including phenoxy) is 1. The maximum Gasteiger partial charge on any atom is 0.310 e. The molecule has 0 fully saturated rings. The number of hydrogen-bond acceptors (Lipinski definition) is 5. The summed E-state index contributed by atoms with van der Waals surface area (Å²) in [5.74, 6) is 0.333. The fourth-order valence-electron chi connectivity index (χ4n) is 1.73. The Balaban J connectivity index is 1.88. The van der Waals surface area contributed by atoms with Crippen LogP contribution in [0.2, 0.25) is 0 Å². The van der Waals surface area contributed by atoms with Gasteiger partial charge in [-0.15, -0.1) is 0 Å². The average molecular weight is 260 g/mol. The minimum atomic E-state index is -0.309. The first-order valence-corrected chi connectivity index (χ1v) is 6.05. The lowest BCUT2D eigenvalue weighted by Crippen LogP contribution is -2.12. The van der Waals surface area contributed by atoms with Gasteiger partial charge in [0.2, 0.25) is 0 Å². The van der Waals surface area contributed by atoms with Gasteiger partial charge in [-0.2, -0.15) is 5.10 Å². The molecule has 6 heteroatoms. The lowest BCUT2D eigenvalue weighted by molar-refractivity contribution is -0.144. The fourth-order valence-corrected chi connectivity index (χ4v) is 1.73. The van der Waals surface area contributed by atoms with Gasteiger partial charge < -0.3 is 10.5 Å². The molecule has 0 amide bonds. The zero-order valence-electron chi connectivity index (χ0n) is 10.7. The number of anilines is 1. The molecule has 0 saturated carbocycles. The predicted molar refractivity (Wildman–Crippen MR) is 70.1 cm³/mol. The van der Waals surface area contributed by atoms with Crippen LogP contribution in [0.25, 0.3) is 0 Å². The molecule has 100 valence electrons. The van der Waals surface area contributed by atoms with Crippen LogP contribution in [0.1, 0.15) is 18.3 Å². The molecule has 0 saturated heterocycles. The van der Waals surface area contributed by atoms with Crippen molar-refractivity contribution in [3.8, 4) is 0 Å². The van der Waals surface area contributed by atoms with Gasteiger partial charge >= 0.3 is 5.97 Å². The van der Waals surface area contributed by atoms with E-state index >= 15 is 0 Å². The van der Waals surface area contributed by atoms with Gasteiger partial charge in [-0.1, -0.05) is 12.1 Å². The SMILES string of the molecule is CCn1ncnc1COC(=O)Cc1cccc(N)c1. The highest BCUT2D eigenvalue weighted by Crippen LogP contribution is 2.08. The van der Waals surface area contributed by atoms with E-state index in [1.165, 1.54) is 6.33 Å². The highest BCUT2D eigenvalue weighted by molar-refractivity contribution is 5.72. The summed E-state index contributed by atoms with van der Waals surface area (Å²) in [5, 5.41) is 4.01. The second-order valence-corrected chi connectivity index (χ2v) is 4.07. The Morgan fingerprint density at radius 1 is 1.47 bits per heavy atom. The Morgan fingerprint density at radius 2 is 2.32 bits per heavy atom. The van der Waals surface area contributed by atoms with Crippen LogP contribution in [-0.4, -0.2) is 20.7 Å². The third-order valence-electron chi connectivity index (χ3n) is 2.66. The molecule has 1 aromatic heterocycles. The molecule has 0 spiro atoms. The van der Waals surface area contributed by atoms with Gasteiger partial charge in [-0.3, -0.25) is 4.79 Å². The number of nitrogen functional groups attached to an aromatic ring is 1. The number of carbonyl (C=O) groups excluding carboxylic acids is 1. The van der Waals surface area contributed by atoms with E-state index in [4.69, 9.17) is 10.5 Å². The van der Waals surface area contributed by atoms with Crippen LogP contribution in [-0.2, 0) is 29.1 Å². The molecule has 6 nitrogen and oxygen atoms in total. The van der Waals surface area contributed by atoms with Gasteiger partial charge in [-0.25, -0.2) is 9.67 Å². The summed E-state index contributed by atoms with van der Waals surface area (Å²) >= 11 is 0. The van der Waals surface area contributed by atoms with Gasteiger partial charge in [0.25, 0.3) is 0 Å². The molecule has 1 heterocycles. The van der Waals surface area contributed by atoms with Crippen molar-refractivity contribution in [3.05, 3.63) is 42.0 Å². The second kappa shape index (κ2) is 5.99. The predicted octanol–water partition coefficient (Wildman–Crippen LogP) is 1.17. The molecule has 19 heavy (non-hydrogen) atoms. The fraction of sp³-hybridized carbons (Fsp3) is 0.308. The van der Waals surface area contributed by atoms with E-state index in [0.29, 0.717) is 18.1 Å². The van der Waals surface area contributed by atoms with Gasteiger partial charge in [0.1, 0.15) is 6.33 Å². The van der Waals surface area contributed by atoms with Crippen LogP contribution in [0.5, 0.6) is 0 Å². The van der Waals surface area contributed by atoms with Gasteiger partial charge in [-0.05, 0) is 24.6 Å². The topological polar surface area (TPSA) is 83.0 Å². The standard InChI is InChI=1S/C13H16N4O2/c1-2-17-12(15-9-16-17)8-19-13(18)7-10-4-3-5-11(14)6-10/h3-6,9H,2,7-8,14H2,1H3. The highest BCUT2D eigenvalue weighted by Gasteiger charge is 2.08. The monoisotopic (exact) mass is 260 g/mol. The minimum absolute atomic E-state index is 0.134.